The molecule has 0 aromatic carbocycles. The van der Waals surface area contributed by atoms with Crippen LogP contribution in [0.2, 0.25) is 0 Å². The van der Waals surface area contributed by atoms with E-state index in [-0.39, 0.29) is 34.4 Å². The largest absolute Gasteiger partial charge is 0.337 e. The number of H-pyrrole nitrogens is 1. The van der Waals surface area contributed by atoms with Gasteiger partial charge in [0.15, 0.2) is 0 Å². The number of amides is 1. The van der Waals surface area contributed by atoms with Gasteiger partial charge >= 0.3 is 0 Å². The molecule has 0 saturated carbocycles. The first kappa shape index (κ1) is 19.5. The van der Waals surface area contributed by atoms with Crippen LogP contribution in [0, 0.1) is 6.92 Å². The van der Waals surface area contributed by atoms with E-state index in [0.717, 1.165) is 18.5 Å². The van der Waals surface area contributed by atoms with E-state index in [1.807, 2.05) is 13.8 Å². The summed E-state index contributed by atoms with van der Waals surface area (Å²) in [5.41, 5.74) is 2.17. The maximum Gasteiger partial charge on any atom is 0.274 e. The van der Waals surface area contributed by atoms with Crippen molar-refractivity contribution in [1.29, 1.82) is 0 Å². The van der Waals surface area contributed by atoms with E-state index in [2.05, 4.69) is 20.3 Å². The highest BCUT2D eigenvalue weighted by atomic mass is 19.3. The van der Waals surface area contributed by atoms with Gasteiger partial charge in [-0.05, 0) is 37.8 Å². The lowest BCUT2D eigenvalue weighted by Gasteiger charge is -2.32. The van der Waals surface area contributed by atoms with Crippen molar-refractivity contribution < 1.29 is 18.1 Å². The molecule has 154 valence electrons. The molecule has 0 aliphatic carbocycles. The second-order valence-electron chi connectivity index (χ2n) is 7.84. The molecule has 0 spiro atoms. The Kier molecular flexibility index (Phi) is 5.06. The average Bonchev–Trinajstić information content (AvgIpc) is 3.34. The third-order valence-corrected chi connectivity index (χ3v) is 5.47. The van der Waals surface area contributed by atoms with Crippen molar-refractivity contribution in [2.24, 2.45) is 0 Å². The van der Waals surface area contributed by atoms with Crippen LogP contribution in [0.25, 0.3) is 11.1 Å². The van der Waals surface area contributed by atoms with Gasteiger partial charge in [0, 0.05) is 36.0 Å². The van der Waals surface area contributed by atoms with Gasteiger partial charge in [-0.1, -0.05) is 19.0 Å². The van der Waals surface area contributed by atoms with Crippen molar-refractivity contribution >= 4 is 17.0 Å². The monoisotopic (exact) mass is 403 g/mol. The Bertz CT molecular complexity index is 1040. The Balaban J connectivity index is 1.60. The molecule has 1 fully saturated rings. The summed E-state index contributed by atoms with van der Waals surface area (Å²) in [6, 6.07) is 3.20. The second-order valence-corrected chi connectivity index (χ2v) is 7.84. The van der Waals surface area contributed by atoms with E-state index < -0.39 is 6.43 Å². The predicted octanol–water partition coefficient (Wildman–Crippen LogP) is 4.34. The number of rotatable bonds is 4. The summed E-state index contributed by atoms with van der Waals surface area (Å²) >= 11 is 0. The summed E-state index contributed by atoms with van der Waals surface area (Å²) < 4.78 is 32.4. The molecule has 4 rings (SSSR count). The molecule has 1 atom stereocenters. The zero-order chi connectivity index (χ0) is 20.7. The molecule has 1 saturated heterocycles. The normalized spacial score (nSPS) is 17.6. The van der Waals surface area contributed by atoms with Crippen LogP contribution in [0.15, 0.2) is 16.7 Å². The number of likely N-dealkylation sites (tertiary alicyclic amines) is 1. The average molecular weight is 403 g/mol. The number of hydrogen-bond acceptors (Lipinski definition) is 5. The minimum atomic E-state index is -2.66. The number of fused-ring (bicyclic) bond motifs is 1. The molecule has 3 aromatic rings. The van der Waals surface area contributed by atoms with Gasteiger partial charge in [-0.25, -0.2) is 13.8 Å². The molecule has 1 N–H and O–H groups in total. The number of aromatic amines is 1. The summed E-state index contributed by atoms with van der Waals surface area (Å²) in [6.07, 6.45) is -1.13. The number of nitrogens with zero attached hydrogens (tertiary/aromatic N) is 4. The number of aryl methyl sites for hydroxylation is 1. The lowest BCUT2D eigenvalue weighted by molar-refractivity contribution is 0.0699. The Morgan fingerprint density at radius 2 is 2.14 bits per heavy atom. The van der Waals surface area contributed by atoms with E-state index in [1.165, 1.54) is 6.07 Å². The molecule has 1 amide bonds. The quantitative estimate of drug-likeness (QED) is 0.700. The van der Waals surface area contributed by atoms with Gasteiger partial charge in [-0.2, -0.15) is 5.10 Å². The second kappa shape index (κ2) is 7.53. The summed E-state index contributed by atoms with van der Waals surface area (Å²) in [4.78, 5) is 19.0. The van der Waals surface area contributed by atoms with Crippen LogP contribution >= 0.6 is 0 Å². The van der Waals surface area contributed by atoms with Crippen molar-refractivity contribution in [3.05, 3.63) is 40.5 Å². The summed E-state index contributed by atoms with van der Waals surface area (Å²) in [7, 11) is 0. The van der Waals surface area contributed by atoms with Crippen LogP contribution in [0.3, 0.4) is 0 Å². The van der Waals surface area contributed by atoms with Gasteiger partial charge < -0.3 is 9.42 Å². The van der Waals surface area contributed by atoms with Crippen LogP contribution in [-0.4, -0.2) is 44.2 Å². The first-order valence-corrected chi connectivity index (χ1v) is 9.74. The number of pyridine rings is 1. The van der Waals surface area contributed by atoms with Gasteiger partial charge in [0.05, 0.1) is 11.1 Å². The maximum atomic E-state index is 13.6. The third kappa shape index (κ3) is 3.61. The van der Waals surface area contributed by atoms with Gasteiger partial charge in [0.25, 0.3) is 18.0 Å². The van der Waals surface area contributed by atoms with E-state index in [9.17, 15) is 13.6 Å². The molecule has 4 heterocycles. The fourth-order valence-electron chi connectivity index (χ4n) is 3.84. The van der Waals surface area contributed by atoms with Gasteiger partial charge in [-0.3, -0.25) is 9.89 Å². The van der Waals surface area contributed by atoms with Gasteiger partial charge in [0.1, 0.15) is 5.69 Å². The number of carbonyl (C=O) groups excluding carboxylic acids is 1. The molecule has 29 heavy (non-hydrogen) atoms. The first-order chi connectivity index (χ1) is 13.8. The van der Waals surface area contributed by atoms with Crippen molar-refractivity contribution in [3.63, 3.8) is 0 Å². The van der Waals surface area contributed by atoms with Crippen molar-refractivity contribution in [2.45, 2.75) is 51.9 Å². The summed E-state index contributed by atoms with van der Waals surface area (Å²) in [6.45, 7) is 6.66. The zero-order valence-electron chi connectivity index (χ0n) is 16.6. The molecule has 0 unspecified atom stereocenters. The molecule has 9 heteroatoms. The molecule has 3 aromatic heterocycles. The van der Waals surface area contributed by atoms with Gasteiger partial charge in [0.2, 0.25) is 0 Å². The Hall–Kier alpha value is -2.84. The SMILES string of the molecule is Cc1noc2nc([C@H]3CCCN(C(=O)c4cc(C(C)C)[nH]n4)C3)cc(C(F)F)c12. The van der Waals surface area contributed by atoms with Crippen LogP contribution in [0.1, 0.15) is 78.1 Å². The van der Waals surface area contributed by atoms with Crippen LogP contribution < -0.4 is 0 Å². The highest BCUT2D eigenvalue weighted by Gasteiger charge is 2.30. The van der Waals surface area contributed by atoms with E-state index in [4.69, 9.17) is 4.52 Å². The van der Waals surface area contributed by atoms with E-state index in [1.54, 1.807) is 17.9 Å². The standard InChI is InChI=1S/C20H23F2N5O2/c1-10(2)14-8-16(25-24-14)20(28)27-6-4-5-12(9-27)15-7-13(18(21)22)17-11(3)26-29-19(17)23-15/h7-8,10,12,18H,4-6,9H2,1-3H3,(H,24,25)/t12-/m0/s1. The minimum Gasteiger partial charge on any atom is -0.337 e. The first-order valence-electron chi connectivity index (χ1n) is 9.74. The fourth-order valence-corrected chi connectivity index (χ4v) is 3.84. The number of aromatic nitrogens is 4. The lowest BCUT2D eigenvalue weighted by Crippen LogP contribution is -2.39. The number of alkyl halides is 2. The topological polar surface area (TPSA) is 87.9 Å². The number of nitrogens with one attached hydrogen (secondary N) is 1. The minimum absolute atomic E-state index is 0.118. The van der Waals surface area contributed by atoms with E-state index in [0.29, 0.717) is 30.2 Å². The summed E-state index contributed by atoms with van der Waals surface area (Å²) in [5, 5.41) is 11.1. The zero-order valence-corrected chi connectivity index (χ0v) is 16.6. The molecular weight excluding hydrogens is 380 g/mol. The molecule has 0 radical (unpaired) electrons. The molecule has 0 bridgehead atoms. The van der Waals surface area contributed by atoms with Crippen LogP contribution in [0.4, 0.5) is 8.78 Å². The highest BCUT2D eigenvalue weighted by Crippen LogP contribution is 2.34. The fraction of sp³-hybridized carbons (Fsp3) is 0.500. The number of halogens is 2. The lowest BCUT2D eigenvalue weighted by atomic mass is 9.92. The number of hydrogen-bond donors (Lipinski definition) is 1. The van der Waals surface area contributed by atoms with Crippen LogP contribution in [0.5, 0.6) is 0 Å². The maximum absolute atomic E-state index is 13.6. The van der Waals surface area contributed by atoms with Gasteiger partial charge in [-0.15, -0.1) is 0 Å². The number of piperidine rings is 1. The molecule has 1 aliphatic heterocycles. The Labute approximate surface area is 166 Å². The van der Waals surface area contributed by atoms with Crippen LogP contribution in [-0.2, 0) is 0 Å². The molecule has 1 aliphatic rings. The van der Waals surface area contributed by atoms with Crippen molar-refractivity contribution in [2.75, 3.05) is 13.1 Å². The summed E-state index contributed by atoms with van der Waals surface area (Å²) in [5.74, 6) is -0.0701. The smallest absolute Gasteiger partial charge is 0.274 e. The van der Waals surface area contributed by atoms with Crippen molar-refractivity contribution in [1.82, 2.24) is 25.2 Å². The Morgan fingerprint density at radius 1 is 1.34 bits per heavy atom. The Morgan fingerprint density at radius 3 is 2.83 bits per heavy atom. The van der Waals surface area contributed by atoms with Crippen molar-refractivity contribution in [3.8, 4) is 0 Å². The highest BCUT2D eigenvalue weighted by molar-refractivity contribution is 5.92. The third-order valence-electron chi connectivity index (χ3n) is 5.47. The predicted molar refractivity (Wildman–Crippen MR) is 102 cm³/mol. The molecular formula is C20H23F2N5O2. The number of carbonyl (C=O) groups is 1. The molecule has 7 nitrogen and oxygen atoms in total. The van der Waals surface area contributed by atoms with E-state index >= 15 is 0 Å².